The Balaban J connectivity index is 0.00000342. The SMILES string of the molecule is CC(C)c1ccc(C2=CC=CCC2(C(C)C)P(C2CCCCC2)C2CCCCC2)c(C(C)C)c1.[Pd]. The molecule has 198 valence electrons. The third-order valence-electron chi connectivity index (χ3n) is 9.30. The van der Waals surface area contributed by atoms with E-state index in [0.717, 1.165) is 11.3 Å². The third-order valence-corrected chi connectivity index (χ3v) is 13.8. The van der Waals surface area contributed by atoms with Gasteiger partial charge in [-0.1, -0.05) is 124 Å². The minimum atomic E-state index is -0.0731. The monoisotopic (exact) mass is 584 g/mol. The van der Waals surface area contributed by atoms with E-state index in [1.54, 1.807) is 16.7 Å². The summed E-state index contributed by atoms with van der Waals surface area (Å²) in [4.78, 5) is 0. The zero-order valence-corrected chi connectivity index (χ0v) is 25.8. The van der Waals surface area contributed by atoms with Crippen LogP contribution in [0.1, 0.15) is 141 Å². The van der Waals surface area contributed by atoms with Gasteiger partial charge in [0, 0.05) is 25.6 Å². The molecule has 35 heavy (non-hydrogen) atoms. The standard InChI is InChI=1S/C33H51P.Pd/c1-24(2)27-20-21-30(31(23-27)25(3)4)32-19-13-14-22-33(32,26(5)6)34(28-15-9-7-10-16-28)29-17-11-8-12-18-29;/h13-14,19-21,23-26,28-29H,7-12,15-18,22H2,1-6H3;. The van der Waals surface area contributed by atoms with Gasteiger partial charge in [0.05, 0.1) is 0 Å². The van der Waals surface area contributed by atoms with Gasteiger partial charge in [-0.05, 0) is 83.4 Å². The minimum Gasteiger partial charge on any atom is -0.0888 e. The van der Waals surface area contributed by atoms with Crippen molar-refractivity contribution in [2.45, 2.75) is 140 Å². The maximum absolute atomic E-state index is 2.57. The van der Waals surface area contributed by atoms with Gasteiger partial charge in [-0.3, -0.25) is 0 Å². The van der Waals surface area contributed by atoms with Crippen LogP contribution < -0.4 is 0 Å². The summed E-state index contributed by atoms with van der Waals surface area (Å²) in [7, 11) is -0.0731. The zero-order valence-electron chi connectivity index (χ0n) is 23.4. The van der Waals surface area contributed by atoms with Crippen molar-refractivity contribution in [3.05, 3.63) is 53.1 Å². The molecular weight excluding hydrogens is 534 g/mol. The summed E-state index contributed by atoms with van der Waals surface area (Å²) < 4.78 is 0. The van der Waals surface area contributed by atoms with Gasteiger partial charge in [-0.15, -0.1) is 0 Å². The molecule has 4 rings (SSSR count). The summed E-state index contributed by atoms with van der Waals surface area (Å²) in [6, 6.07) is 7.53. The summed E-state index contributed by atoms with van der Waals surface area (Å²) in [5.74, 6) is 1.83. The van der Waals surface area contributed by atoms with Crippen LogP contribution in [0.5, 0.6) is 0 Å². The Morgan fingerprint density at radius 3 is 1.83 bits per heavy atom. The van der Waals surface area contributed by atoms with Gasteiger partial charge in [0.2, 0.25) is 0 Å². The molecule has 0 spiro atoms. The van der Waals surface area contributed by atoms with Gasteiger partial charge in [0.1, 0.15) is 0 Å². The molecular formula is C33H51PPd. The number of benzene rings is 1. The van der Waals surface area contributed by atoms with E-state index in [-0.39, 0.29) is 28.3 Å². The second-order valence-electron chi connectivity index (χ2n) is 12.4. The molecule has 0 aliphatic heterocycles. The molecule has 0 bridgehead atoms. The fraction of sp³-hybridized carbons (Fsp3) is 0.697. The van der Waals surface area contributed by atoms with Crippen molar-refractivity contribution in [2.75, 3.05) is 0 Å². The van der Waals surface area contributed by atoms with Crippen LogP contribution in [0.25, 0.3) is 5.57 Å². The smallest absolute Gasteiger partial charge is 0.0223 e. The molecule has 0 N–H and O–H groups in total. The van der Waals surface area contributed by atoms with E-state index >= 15 is 0 Å². The molecule has 1 unspecified atom stereocenters. The van der Waals surface area contributed by atoms with Crippen LogP contribution in [0.3, 0.4) is 0 Å². The van der Waals surface area contributed by atoms with Gasteiger partial charge in [-0.2, -0.15) is 0 Å². The van der Waals surface area contributed by atoms with Crippen molar-refractivity contribution >= 4 is 13.5 Å². The predicted molar refractivity (Wildman–Crippen MR) is 155 cm³/mol. The number of hydrogen-bond acceptors (Lipinski definition) is 0. The van der Waals surface area contributed by atoms with Gasteiger partial charge >= 0.3 is 0 Å². The van der Waals surface area contributed by atoms with Gasteiger partial charge in [-0.25, -0.2) is 0 Å². The Hall–Kier alpha value is -0.208. The Bertz CT molecular complexity index is 849. The summed E-state index contributed by atoms with van der Waals surface area (Å²) >= 11 is 0. The summed E-state index contributed by atoms with van der Waals surface area (Å²) in [6.07, 6.45) is 23.6. The van der Waals surface area contributed by atoms with Crippen LogP contribution in [-0.4, -0.2) is 16.5 Å². The van der Waals surface area contributed by atoms with E-state index < -0.39 is 0 Å². The molecule has 1 atom stereocenters. The van der Waals surface area contributed by atoms with Gasteiger partial charge in [0.15, 0.2) is 0 Å². The quantitative estimate of drug-likeness (QED) is 0.221. The average molecular weight is 585 g/mol. The van der Waals surface area contributed by atoms with Crippen molar-refractivity contribution in [1.29, 1.82) is 0 Å². The van der Waals surface area contributed by atoms with Gasteiger partial charge in [0.25, 0.3) is 0 Å². The second-order valence-corrected chi connectivity index (χ2v) is 15.5. The first-order valence-corrected chi connectivity index (χ1v) is 16.1. The molecule has 0 aromatic heterocycles. The Labute approximate surface area is 232 Å². The van der Waals surface area contributed by atoms with Crippen LogP contribution >= 0.6 is 7.92 Å². The summed E-state index contributed by atoms with van der Waals surface area (Å²) in [6.45, 7) is 14.6. The summed E-state index contributed by atoms with van der Waals surface area (Å²) in [5.41, 5.74) is 8.32. The molecule has 0 saturated heterocycles. The fourth-order valence-corrected chi connectivity index (χ4v) is 12.5. The molecule has 3 aliphatic rings. The first-order chi connectivity index (χ1) is 16.4. The minimum absolute atomic E-state index is 0. The number of hydrogen-bond donors (Lipinski definition) is 0. The molecule has 1 aromatic rings. The molecule has 1 aromatic carbocycles. The van der Waals surface area contributed by atoms with Crippen molar-refractivity contribution in [2.24, 2.45) is 5.92 Å². The first kappa shape index (κ1) is 29.3. The molecule has 0 heterocycles. The van der Waals surface area contributed by atoms with Crippen molar-refractivity contribution in [1.82, 2.24) is 0 Å². The Kier molecular flexibility index (Phi) is 10.9. The second kappa shape index (κ2) is 13.0. The van der Waals surface area contributed by atoms with Crippen LogP contribution in [0.15, 0.2) is 36.4 Å². The maximum Gasteiger partial charge on any atom is 0.0223 e. The van der Waals surface area contributed by atoms with Crippen molar-refractivity contribution < 1.29 is 20.4 Å². The van der Waals surface area contributed by atoms with E-state index in [0.29, 0.717) is 22.9 Å². The van der Waals surface area contributed by atoms with Crippen molar-refractivity contribution in [3.8, 4) is 0 Å². The van der Waals surface area contributed by atoms with Gasteiger partial charge < -0.3 is 0 Å². The molecule has 3 aliphatic carbocycles. The molecule has 0 nitrogen and oxygen atoms in total. The molecule has 0 amide bonds. The Morgan fingerprint density at radius 1 is 0.771 bits per heavy atom. The van der Waals surface area contributed by atoms with Crippen LogP contribution in [0.2, 0.25) is 0 Å². The zero-order chi connectivity index (χ0) is 24.3. The third kappa shape index (κ3) is 6.11. The molecule has 0 radical (unpaired) electrons. The van der Waals surface area contributed by atoms with E-state index in [4.69, 9.17) is 0 Å². The van der Waals surface area contributed by atoms with Crippen LogP contribution in [0.4, 0.5) is 0 Å². The molecule has 2 heteroatoms. The summed E-state index contributed by atoms with van der Waals surface area (Å²) in [5, 5.41) is 0.330. The fourth-order valence-electron chi connectivity index (χ4n) is 7.41. The van der Waals surface area contributed by atoms with E-state index in [1.165, 1.54) is 76.2 Å². The average Bonchev–Trinajstić information content (AvgIpc) is 2.85. The first-order valence-electron chi connectivity index (χ1n) is 14.7. The topological polar surface area (TPSA) is 0 Å². The molecule has 2 saturated carbocycles. The largest absolute Gasteiger partial charge is 0.0888 e. The predicted octanol–water partition coefficient (Wildman–Crippen LogP) is 10.8. The van der Waals surface area contributed by atoms with E-state index in [9.17, 15) is 0 Å². The maximum atomic E-state index is 2.57. The van der Waals surface area contributed by atoms with E-state index in [2.05, 4.69) is 78.0 Å². The van der Waals surface area contributed by atoms with Crippen molar-refractivity contribution in [3.63, 3.8) is 0 Å². The van der Waals surface area contributed by atoms with Crippen LogP contribution in [0, 0.1) is 5.92 Å². The molecule has 2 fully saturated rings. The Morgan fingerprint density at radius 2 is 1.34 bits per heavy atom. The number of rotatable bonds is 7. The number of allylic oxidation sites excluding steroid dienone is 4. The van der Waals surface area contributed by atoms with Crippen LogP contribution in [-0.2, 0) is 20.4 Å². The van der Waals surface area contributed by atoms with E-state index in [1.807, 2.05) is 0 Å². The normalized spacial score (nSPS) is 24.3.